The van der Waals surface area contributed by atoms with Gasteiger partial charge >= 0.3 is 5.97 Å². The minimum Gasteiger partial charge on any atom is -0.456 e. The summed E-state index contributed by atoms with van der Waals surface area (Å²) in [5.41, 5.74) is 0.112. The van der Waals surface area contributed by atoms with Crippen LogP contribution in [0.1, 0.15) is 36.0 Å². The number of carbonyl (C=O) groups excluding carboxylic acids is 1. The summed E-state index contributed by atoms with van der Waals surface area (Å²) >= 11 is 1.27. The van der Waals surface area contributed by atoms with Crippen LogP contribution in [0.5, 0.6) is 0 Å². The summed E-state index contributed by atoms with van der Waals surface area (Å²) in [6.45, 7) is 7.19. The Balaban J connectivity index is 2.50. The second-order valence-electron chi connectivity index (χ2n) is 5.17. The SMILES string of the molecule is Cc1c(C(=O)OC(C)(C)C)sc2cccc(F)c12. The van der Waals surface area contributed by atoms with Crippen LogP contribution in [0.3, 0.4) is 0 Å². The summed E-state index contributed by atoms with van der Waals surface area (Å²) in [4.78, 5) is 12.5. The zero-order chi connectivity index (χ0) is 13.5. The van der Waals surface area contributed by atoms with Gasteiger partial charge in [-0.05, 0) is 45.4 Å². The summed E-state index contributed by atoms with van der Waals surface area (Å²) in [5.74, 6) is -0.684. The molecule has 0 radical (unpaired) electrons. The number of halogens is 1. The molecule has 0 fully saturated rings. The van der Waals surface area contributed by atoms with E-state index >= 15 is 0 Å². The van der Waals surface area contributed by atoms with Gasteiger partial charge in [0, 0.05) is 10.1 Å². The van der Waals surface area contributed by atoms with Crippen molar-refractivity contribution in [1.29, 1.82) is 0 Å². The topological polar surface area (TPSA) is 26.3 Å². The molecule has 0 saturated heterocycles. The quantitative estimate of drug-likeness (QED) is 0.719. The van der Waals surface area contributed by atoms with Gasteiger partial charge in [-0.3, -0.25) is 0 Å². The van der Waals surface area contributed by atoms with Crippen LogP contribution >= 0.6 is 11.3 Å². The summed E-state index contributed by atoms with van der Waals surface area (Å²) in [5, 5.41) is 0.517. The molecule has 0 bridgehead atoms. The number of fused-ring (bicyclic) bond motifs is 1. The molecule has 4 heteroatoms. The highest BCUT2D eigenvalue weighted by molar-refractivity contribution is 7.21. The van der Waals surface area contributed by atoms with Crippen LogP contribution in [-0.2, 0) is 4.74 Å². The lowest BCUT2D eigenvalue weighted by Crippen LogP contribution is -2.23. The fraction of sp³-hybridized carbons (Fsp3) is 0.357. The number of aryl methyl sites for hydroxylation is 1. The van der Waals surface area contributed by atoms with E-state index in [0.717, 1.165) is 4.70 Å². The first-order valence-electron chi connectivity index (χ1n) is 5.70. The minimum atomic E-state index is -0.543. The third-order valence-electron chi connectivity index (χ3n) is 2.49. The molecule has 0 atom stereocenters. The molecule has 0 saturated carbocycles. The molecule has 0 aliphatic heterocycles. The Morgan fingerprint density at radius 1 is 1.33 bits per heavy atom. The number of thiophene rings is 1. The molecule has 0 amide bonds. The van der Waals surface area contributed by atoms with Crippen molar-refractivity contribution < 1.29 is 13.9 Å². The summed E-state index contributed by atoms with van der Waals surface area (Å²) in [6.07, 6.45) is 0. The van der Waals surface area contributed by atoms with Gasteiger partial charge in [-0.15, -0.1) is 11.3 Å². The molecular weight excluding hydrogens is 251 g/mol. The van der Waals surface area contributed by atoms with Gasteiger partial charge in [0.05, 0.1) is 0 Å². The highest BCUT2D eigenvalue weighted by Gasteiger charge is 2.23. The normalized spacial score (nSPS) is 11.8. The van der Waals surface area contributed by atoms with Crippen LogP contribution in [-0.4, -0.2) is 11.6 Å². The minimum absolute atomic E-state index is 0.295. The van der Waals surface area contributed by atoms with Crippen molar-refractivity contribution in [3.05, 3.63) is 34.5 Å². The molecule has 0 unspecified atom stereocenters. The number of carbonyl (C=O) groups is 1. The summed E-state index contributed by atoms with van der Waals surface area (Å²) < 4.78 is 19.8. The van der Waals surface area contributed by atoms with Crippen molar-refractivity contribution >= 4 is 27.4 Å². The lowest BCUT2D eigenvalue weighted by atomic mass is 10.1. The Kier molecular flexibility index (Phi) is 3.15. The number of rotatable bonds is 1. The van der Waals surface area contributed by atoms with Gasteiger partial charge in [-0.1, -0.05) is 6.07 Å². The van der Waals surface area contributed by atoms with Gasteiger partial charge in [0.15, 0.2) is 0 Å². The molecule has 96 valence electrons. The number of esters is 1. The van der Waals surface area contributed by atoms with Crippen LogP contribution in [0.25, 0.3) is 10.1 Å². The Morgan fingerprint density at radius 3 is 2.56 bits per heavy atom. The molecule has 1 aromatic carbocycles. The Morgan fingerprint density at radius 2 is 2.00 bits per heavy atom. The van der Waals surface area contributed by atoms with E-state index < -0.39 is 5.60 Å². The van der Waals surface area contributed by atoms with Gasteiger partial charge in [0.25, 0.3) is 0 Å². The first kappa shape index (κ1) is 13.0. The maximum Gasteiger partial charge on any atom is 0.349 e. The van der Waals surface area contributed by atoms with Crippen LogP contribution in [0.4, 0.5) is 4.39 Å². The van der Waals surface area contributed by atoms with Gasteiger partial charge in [-0.25, -0.2) is 9.18 Å². The molecule has 18 heavy (non-hydrogen) atoms. The molecule has 0 N–H and O–H groups in total. The van der Waals surface area contributed by atoms with E-state index in [0.29, 0.717) is 15.8 Å². The van der Waals surface area contributed by atoms with Crippen molar-refractivity contribution in [2.45, 2.75) is 33.3 Å². The van der Waals surface area contributed by atoms with E-state index in [1.54, 1.807) is 13.0 Å². The highest BCUT2D eigenvalue weighted by atomic mass is 32.1. The fourth-order valence-electron chi connectivity index (χ4n) is 1.77. The Bertz CT molecular complexity index is 608. The molecular formula is C14H15FO2S. The molecule has 1 aromatic heterocycles. The lowest BCUT2D eigenvalue weighted by molar-refractivity contribution is 0.00747. The van der Waals surface area contributed by atoms with Crippen LogP contribution in [0, 0.1) is 12.7 Å². The zero-order valence-corrected chi connectivity index (χ0v) is 11.7. The number of hydrogen-bond acceptors (Lipinski definition) is 3. The van der Waals surface area contributed by atoms with E-state index in [9.17, 15) is 9.18 Å². The Hall–Kier alpha value is -1.42. The van der Waals surface area contributed by atoms with Gasteiger partial charge < -0.3 is 4.74 Å². The third kappa shape index (κ3) is 2.38. The van der Waals surface area contributed by atoms with Crippen LogP contribution < -0.4 is 0 Å². The predicted molar refractivity (Wildman–Crippen MR) is 71.7 cm³/mol. The largest absolute Gasteiger partial charge is 0.456 e. The predicted octanol–water partition coefficient (Wildman–Crippen LogP) is 4.30. The van der Waals surface area contributed by atoms with Gasteiger partial charge in [0.2, 0.25) is 0 Å². The van der Waals surface area contributed by atoms with Crippen molar-refractivity contribution in [3.63, 3.8) is 0 Å². The van der Waals surface area contributed by atoms with E-state index in [2.05, 4.69) is 0 Å². The molecule has 1 heterocycles. The second kappa shape index (κ2) is 4.35. The number of ether oxygens (including phenoxy) is 1. The zero-order valence-electron chi connectivity index (χ0n) is 10.8. The average Bonchev–Trinajstić information content (AvgIpc) is 2.55. The van der Waals surface area contributed by atoms with Crippen molar-refractivity contribution in [2.75, 3.05) is 0 Å². The second-order valence-corrected chi connectivity index (χ2v) is 6.22. The fourth-order valence-corrected chi connectivity index (χ4v) is 2.87. The standard InChI is InChI=1S/C14H15FO2S/c1-8-11-9(15)6-5-7-10(11)18-12(8)13(16)17-14(2,3)4/h5-7H,1-4H3. The van der Waals surface area contributed by atoms with E-state index in [4.69, 9.17) is 4.74 Å². The first-order valence-corrected chi connectivity index (χ1v) is 6.52. The van der Waals surface area contributed by atoms with Crippen molar-refractivity contribution in [3.8, 4) is 0 Å². The van der Waals surface area contributed by atoms with Crippen molar-refractivity contribution in [2.24, 2.45) is 0 Å². The number of hydrogen-bond donors (Lipinski definition) is 0. The molecule has 2 rings (SSSR count). The van der Waals surface area contributed by atoms with E-state index in [-0.39, 0.29) is 11.8 Å². The number of benzene rings is 1. The third-order valence-corrected chi connectivity index (χ3v) is 3.72. The summed E-state index contributed by atoms with van der Waals surface area (Å²) in [6, 6.07) is 4.86. The monoisotopic (exact) mass is 266 g/mol. The molecule has 2 nitrogen and oxygen atoms in total. The van der Waals surface area contributed by atoms with Crippen LogP contribution in [0.15, 0.2) is 18.2 Å². The average molecular weight is 266 g/mol. The smallest absolute Gasteiger partial charge is 0.349 e. The molecule has 0 spiro atoms. The van der Waals surface area contributed by atoms with E-state index in [1.807, 2.05) is 26.8 Å². The maximum atomic E-state index is 13.7. The van der Waals surface area contributed by atoms with Gasteiger partial charge in [0.1, 0.15) is 16.3 Å². The first-order chi connectivity index (χ1) is 8.29. The lowest BCUT2D eigenvalue weighted by Gasteiger charge is -2.19. The highest BCUT2D eigenvalue weighted by Crippen LogP contribution is 2.33. The summed E-state index contributed by atoms with van der Waals surface area (Å²) in [7, 11) is 0. The molecule has 0 aliphatic carbocycles. The van der Waals surface area contributed by atoms with Crippen LogP contribution in [0.2, 0.25) is 0 Å². The molecule has 0 aliphatic rings. The molecule has 2 aromatic rings. The van der Waals surface area contributed by atoms with Crippen molar-refractivity contribution in [1.82, 2.24) is 0 Å². The maximum absolute atomic E-state index is 13.7. The van der Waals surface area contributed by atoms with E-state index in [1.165, 1.54) is 17.4 Å². The van der Waals surface area contributed by atoms with Gasteiger partial charge in [-0.2, -0.15) is 0 Å². The Labute approximate surface area is 109 Å².